The van der Waals surface area contributed by atoms with Gasteiger partial charge in [-0.1, -0.05) is 181 Å². The van der Waals surface area contributed by atoms with E-state index in [2.05, 4.69) is 13.8 Å². The van der Waals surface area contributed by atoms with Crippen LogP contribution in [0.15, 0.2) is 0 Å². The Labute approximate surface area is 285 Å². The molecule has 0 heterocycles. The second-order valence-electron chi connectivity index (χ2n) is 12.6. The van der Waals surface area contributed by atoms with Gasteiger partial charge in [0.1, 0.15) is 10.9 Å². The van der Waals surface area contributed by atoms with Crippen molar-refractivity contribution in [3.8, 4) is 0 Å². The molecule has 0 fully saturated rings. The normalized spacial score (nSPS) is 13.8. The fourth-order valence-electron chi connectivity index (χ4n) is 5.35. The highest BCUT2D eigenvalue weighted by Gasteiger charge is 2.15. The first-order chi connectivity index (χ1) is 21.6. The van der Waals surface area contributed by atoms with Crippen LogP contribution >= 0.6 is 32.1 Å². The van der Waals surface area contributed by atoms with Crippen molar-refractivity contribution >= 4 is 32.1 Å². The lowest BCUT2D eigenvalue weighted by Gasteiger charge is -2.15. The van der Waals surface area contributed by atoms with Gasteiger partial charge in [-0.05, 0) is 38.2 Å². The predicted octanol–water partition coefficient (Wildman–Crippen LogP) is 14.2. The molecular formula is C36H75O5PS2. The van der Waals surface area contributed by atoms with Gasteiger partial charge in [-0.25, -0.2) is 9.78 Å². The Morgan fingerprint density at radius 1 is 0.409 bits per heavy atom. The second-order valence-corrected chi connectivity index (χ2v) is 16.2. The minimum absolute atomic E-state index is 0.148. The molecule has 8 heteroatoms. The standard InChI is InChI=1S/C36H75O5PS2/c1-5-7-9-11-13-15-17-19-21-23-25-27-29-31-33-43-35(3)38-40-42(37)41-39-36(4)44-34-32-30-28-26-24-22-20-18-16-14-12-10-8-6-2/h35-37H,5-34H2,1-4H3. The summed E-state index contributed by atoms with van der Waals surface area (Å²) in [5.74, 6) is 2.08. The number of hydrogen-bond acceptors (Lipinski definition) is 7. The van der Waals surface area contributed by atoms with E-state index in [9.17, 15) is 4.89 Å². The van der Waals surface area contributed by atoms with Crippen molar-refractivity contribution in [2.45, 2.75) is 218 Å². The highest BCUT2D eigenvalue weighted by atomic mass is 32.2. The third-order valence-electron chi connectivity index (χ3n) is 8.19. The van der Waals surface area contributed by atoms with E-state index in [1.807, 2.05) is 13.8 Å². The topological polar surface area (TPSA) is 57.2 Å². The molecule has 1 N–H and O–H groups in total. The first kappa shape index (κ1) is 44.9. The molecule has 266 valence electrons. The first-order valence-corrected chi connectivity index (χ1v) is 22.2. The van der Waals surface area contributed by atoms with Crippen LogP contribution < -0.4 is 0 Å². The molecule has 2 atom stereocenters. The van der Waals surface area contributed by atoms with Crippen LogP contribution in [0.25, 0.3) is 0 Å². The van der Waals surface area contributed by atoms with Crippen molar-refractivity contribution < 1.29 is 24.0 Å². The van der Waals surface area contributed by atoms with Crippen LogP contribution in [-0.4, -0.2) is 27.3 Å². The minimum Gasteiger partial charge on any atom is -0.325 e. The minimum atomic E-state index is -2.19. The molecule has 0 saturated heterocycles. The van der Waals surface area contributed by atoms with Crippen molar-refractivity contribution in [2.75, 3.05) is 11.5 Å². The quantitative estimate of drug-likeness (QED) is 0.0229. The van der Waals surface area contributed by atoms with E-state index in [1.54, 1.807) is 23.5 Å². The molecule has 0 amide bonds. The maximum Gasteiger partial charge on any atom is 0.389 e. The Morgan fingerprint density at radius 2 is 0.636 bits per heavy atom. The van der Waals surface area contributed by atoms with E-state index in [0.717, 1.165) is 11.5 Å². The molecule has 0 aromatic heterocycles. The van der Waals surface area contributed by atoms with Crippen molar-refractivity contribution in [1.82, 2.24) is 0 Å². The fourth-order valence-corrected chi connectivity index (χ4v) is 7.50. The second kappa shape index (κ2) is 38.4. The van der Waals surface area contributed by atoms with Gasteiger partial charge < -0.3 is 4.89 Å². The Hall–Kier alpha value is 0.930. The lowest BCUT2D eigenvalue weighted by molar-refractivity contribution is -0.273. The van der Waals surface area contributed by atoms with Crippen molar-refractivity contribution in [3.05, 3.63) is 0 Å². The van der Waals surface area contributed by atoms with Crippen LogP contribution in [0.3, 0.4) is 0 Å². The lowest BCUT2D eigenvalue weighted by atomic mass is 10.0. The number of unbranched alkanes of at least 4 members (excludes halogenated alkanes) is 26. The summed E-state index contributed by atoms with van der Waals surface area (Å²) in [4.78, 5) is 20.5. The lowest BCUT2D eigenvalue weighted by Crippen LogP contribution is -2.07. The fraction of sp³-hybridized carbons (Fsp3) is 1.00. The molecule has 0 aromatic carbocycles. The summed E-state index contributed by atoms with van der Waals surface area (Å²) in [6, 6.07) is 0. The molecule has 2 unspecified atom stereocenters. The van der Waals surface area contributed by atoms with Crippen molar-refractivity contribution in [2.24, 2.45) is 0 Å². The van der Waals surface area contributed by atoms with Crippen LogP contribution in [0.2, 0.25) is 0 Å². The van der Waals surface area contributed by atoms with E-state index in [-0.39, 0.29) is 10.9 Å². The van der Waals surface area contributed by atoms with E-state index >= 15 is 0 Å². The van der Waals surface area contributed by atoms with Crippen LogP contribution in [0.1, 0.15) is 207 Å². The van der Waals surface area contributed by atoms with Gasteiger partial charge in [0.15, 0.2) is 0 Å². The summed E-state index contributed by atoms with van der Waals surface area (Å²) in [6.45, 7) is 8.44. The molecule has 0 aromatic rings. The molecule has 5 nitrogen and oxygen atoms in total. The Kier molecular flexibility index (Phi) is 39.2. The van der Waals surface area contributed by atoms with Crippen LogP contribution in [0.4, 0.5) is 0 Å². The van der Waals surface area contributed by atoms with Crippen LogP contribution in [-0.2, 0) is 19.1 Å². The molecule has 0 spiro atoms. The molecule has 44 heavy (non-hydrogen) atoms. The van der Waals surface area contributed by atoms with Crippen LogP contribution in [0, 0.1) is 0 Å². The largest absolute Gasteiger partial charge is 0.389 e. The molecule has 0 aliphatic rings. The number of hydrogen-bond donors (Lipinski definition) is 1. The Balaban J connectivity index is 3.36. The molecule has 0 saturated carbocycles. The first-order valence-electron chi connectivity index (χ1n) is 19.0. The van der Waals surface area contributed by atoms with Crippen molar-refractivity contribution in [1.29, 1.82) is 0 Å². The average molecular weight is 683 g/mol. The maximum absolute atomic E-state index is 9.91. The van der Waals surface area contributed by atoms with Gasteiger partial charge in [-0.15, -0.1) is 32.9 Å². The van der Waals surface area contributed by atoms with E-state index < -0.39 is 8.60 Å². The average Bonchev–Trinajstić information content (AvgIpc) is 3.02. The van der Waals surface area contributed by atoms with Gasteiger partial charge in [0.05, 0.1) is 0 Å². The maximum atomic E-state index is 9.91. The zero-order chi connectivity index (χ0) is 32.2. The van der Waals surface area contributed by atoms with Gasteiger partial charge in [-0.3, -0.25) is 0 Å². The van der Waals surface area contributed by atoms with Gasteiger partial charge in [0.25, 0.3) is 0 Å². The monoisotopic (exact) mass is 682 g/mol. The molecule has 0 rings (SSSR count). The zero-order valence-electron chi connectivity index (χ0n) is 29.7. The molecule has 0 aliphatic carbocycles. The third-order valence-corrected chi connectivity index (χ3v) is 10.8. The molecule has 0 aliphatic heterocycles. The summed E-state index contributed by atoms with van der Waals surface area (Å²) >= 11 is 3.41. The predicted molar refractivity (Wildman–Crippen MR) is 198 cm³/mol. The van der Waals surface area contributed by atoms with E-state index in [1.165, 1.54) is 180 Å². The summed E-state index contributed by atoms with van der Waals surface area (Å²) in [7, 11) is -2.19. The summed E-state index contributed by atoms with van der Waals surface area (Å²) in [5, 5.41) is 0. The van der Waals surface area contributed by atoms with Crippen LogP contribution in [0.5, 0.6) is 0 Å². The van der Waals surface area contributed by atoms with E-state index in [0.29, 0.717) is 0 Å². The highest BCUT2D eigenvalue weighted by molar-refractivity contribution is 7.99. The zero-order valence-corrected chi connectivity index (χ0v) is 32.2. The Bertz CT molecular complexity index is 491. The van der Waals surface area contributed by atoms with Crippen molar-refractivity contribution in [3.63, 3.8) is 0 Å². The van der Waals surface area contributed by atoms with Gasteiger partial charge in [-0.2, -0.15) is 0 Å². The molecular weight excluding hydrogens is 607 g/mol. The van der Waals surface area contributed by atoms with Gasteiger partial charge in [0.2, 0.25) is 0 Å². The Morgan fingerprint density at radius 3 is 0.886 bits per heavy atom. The smallest absolute Gasteiger partial charge is 0.325 e. The van der Waals surface area contributed by atoms with E-state index in [4.69, 9.17) is 19.1 Å². The third kappa shape index (κ3) is 37.4. The highest BCUT2D eigenvalue weighted by Crippen LogP contribution is 2.36. The molecule has 0 radical (unpaired) electrons. The summed E-state index contributed by atoms with van der Waals surface area (Å²) < 4.78 is 10.0. The van der Waals surface area contributed by atoms with Gasteiger partial charge >= 0.3 is 8.60 Å². The molecule has 0 bridgehead atoms. The van der Waals surface area contributed by atoms with Gasteiger partial charge in [0, 0.05) is 0 Å². The summed E-state index contributed by atoms with van der Waals surface area (Å²) in [5.41, 5.74) is -0.297. The SMILES string of the molecule is CCCCCCCCCCCCCCCCSC(C)OOP(O)OOC(C)SCCCCCCCCCCCCCCCC. The summed E-state index contributed by atoms with van der Waals surface area (Å²) in [6.07, 6.45) is 38.5. The number of thioether (sulfide) groups is 2. The number of rotatable bonds is 38.